The first kappa shape index (κ1) is 18.6. The Morgan fingerprint density at radius 3 is 2.61 bits per heavy atom. The quantitative estimate of drug-likeness (QED) is 0.827. The number of hydrogen-bond acceptors (Lipinski definition) is 4. The van der Waals surface area contributed by atoms with Crippen molar-refractivity contribution in [3.8, 4) is 0 Å². The van der Waals surface area contributed by atoms with Gasteiger partial charge in [-0.05, 0) is 32.6 Å². The summed E-state index contributed by atoms with van der Waals surface area (Å²) in [7, 11) is 0. The van der Waals surface area contributed by atoms with Crippen LogP contribution in [-0.4, -0.2) is 64.3 Å². The maximum absolute atomic E-state index is 12.9. The lowest BCUT2D eigenvalue weighted by atomic mass is 9.96. The summed E-state index contributed by atoms with van der Waals surface area (Å²) in [6.45, 7) is 9.69. The van der Waals surface area contributed by atoms with Crippen molar-refractivity contribution < 1.29 is 9.59 Å². The second-order valence-corrected chi connectivity index (χ2v) is 8.47. The van der Waals surface area contributed by atoms with Gasteiger partial charge in [-0.2, -0.15) is 11.8 Å². The number of amides is 2. The van der Waals surface area contributed by atoms with Gasteiger partial charge in [0.1, 0.15) is 0 Å². The molecule has 0 unspecified atom stereocenters. The van der Waals surface area contributed by atoms with Crippen LogP contribution in [0.3, 0.4) is 0 Å². The maximum Gasteiger partial charge on any atom is 0.239 e. The second-order valence-electron chi connectivity index (χ2n) is 6.91. The zero-order valence-electron chi connectivity index (χ0n) is 14.7. The monoisotopic (exact) mass is 341 g/mol. The summed E-state index contributed by atoms with van der Waals surface area (Å²) in [6, 6.07) is -0.111. The van der Waals surface area contributed by atoms with Gasteiger partial charge in [-0.1, -0.05) is 13.8 Å². The van der Waals surface area contributed by atoms with Crippen LogP contribution in [0.15, 0.2) is 0 Å². The van der Waals surface area contributed by atoms with E-state index >= 15 is 0 Å². The summed E-state index contributed by atoms with van der Waals surface area (Å²) < 4.78 is 0.282. The molecule has 0 aromatic heterocycles. The van der Waals surface area contributed by atoms with E-state index < -0.39 is 0 Å². The molecule has 6 heteroatoms. The van der Waals surface area contributed by atoms with Gasteiger partial charge in [0.05, 0.1) is 12.0 Å². The molecule has 2 rings (SSSR count). The fourth-order valence-electron chi connectivity index (χ4n) is 3.71. The van der Waals surface area contributed by atoms with E-state index in [1.54, 1.807) is 0 Å². The van der Waals surface area contributed by atoms with Crippen molar-refractivity contribution in [3.05, 3.63) is 0 Å². The molecule has 2 fully saturated rings. The van der Waals surface area contributed by atoms with Crippen LogP contribution in [0.4, 0.5) is 0 Å². The minimum absolute atomic E-state index is 0.111. The van der Waals surface area contributed by atoms with Crippen LogP contribution in [-0.2, 0) is 9.59 Å². The summed E-state index contributed by atoms with van der Waals surface area (Å²) in [5.74, 6) is 0.787. The van der Waals surface area contributed by atoms with Crippen molar-refractivity contribution in [2.75, 3.05) is 31.9 Å². The van der Waals surface area contributed by atoms with E-state index in [2.05, 4.69) is 30.5 Å². The highest BCUT2D eigenvalue weighted by Gasteiger charge is 2.38. The molecule has 2 atom stereocenters. The molecule has 2 aliphatic rings. The van der Waals surface area contributed by atoms with Crippen molar-refractivity contribution in [1.29, 1.82) is 0 Å². The summed E-state index contributed by atoms with van der Waals surface area (Å²) >= 11 is 2.06. The van der Waals surface area contributed by atoms with Crippen molar-refractivity contribution in [2.45, 2.75) is 57.2 Å². The van der Waals surface area contributed by atoms with Gasteiger partial charge in [-0.3, -0.25) is 14.5 Å². The summed E-state index contributed by atoms with van der Waals surface area (Å²) in [4.78, 5) is 28.5. The first-order chi connectivity index (χ1) is 10.9. The zero-order chi connectivity index (χ0) is 17.0. The number of rotatable bonds is 5. The normalized spacial score (nSPS) is 26.7. The largest absolute Gasteiger partial charge is 0.369 e. The Morgan fingerprint density at radius 1 is 1.30 bits per heavy atom. The van der Waals surface area contributed by atoms with E-state index in [4.69, 9.17) is 5.73 Å². The van der Waals surface area contributed by atoms with Gasteiger partial charge in [0.2, 0.25) is 11.8 Å². The molecule has 23 heavy (non-hydrogen) atoms. The Hall–Kier alpha value is -0.750. The molecule has 0 aromatic carbocycles. The molecule has 0 aliphatic carbocycles. The molecule has 2 amide bonds. The predicted octanol–water partition coefficient (Wildman–Crippen LogP) is 1.71. The lowest BCUT2D eigenvalue weighted by molar-refractivity contribution is -0.139. The number of thioether (sulfide) groups is 1. The minimum atomic E-state index is -0.277. The van der Waals surface area contributed by atoms with Gasteiger partial charge in [0.25, 0.3) is 0 Å². The van der Waals surface area contributed by atoms with E-state index in [1.807, 2.05) is 11.8 Å². The Balaban J connectivity index is 2.00. The number of carbonyl (C=O) groups is 2. The number of primary amides is 1. The fraction of sp³-hybridized carbons (Fsp3) is 0.882. The van der Waals surface area contributed by atoms with Crippen LogP contribution in [0.2, 0.25) is 0 Å². The third kappa shape index (κ3) is 4.21. The Labute approximate surface area is 144 Å². The smallest absolute Gasteiger partial charge is 0.239 e. The third-order valence-corrected chi connectivity index (χ3v) is 7.31. The van der Waals surface area contributed by atoms with Gasteiger partial charge in [-0.15, -0.1) is 0 Å². The Bertz CT molecular complexity index is 440. The van der Waals surface area contributed by atoms with Crippen LogP contribution < -0.4 is 5.73 Å². The molecule has 0 saturated carbocycles. The topological polar surface area (TPSA) is 66.6 Å². The summed E-state index contributed by atoms with van der Waals surface area (Å²) in [5, 5.41) is 0. The Kier molecular flexibility index (Phi) is 6.37. The average molecular weight is 342 g/mol. The average Bonchev–Trinajstić information content (AvgIpc) is 2.60. The van der Waals surface area contributed by atoms with Gasteiger partial charge in [-0.25, -0.2) is 0 Å². The highest BCUT2D eigenvalue weighted by Crippen LogP contribution is 2.37. The zero-order valence-corrected chi connectivity index (χ0v) is 15.5. The molecular formula is C17H31N3O2S. The summed E-state index contributed by atoms with van der Waals surface area (Å²) in [6.07, 6.45) is 3.95. The highest BCUT2D eigenvalue weighted by atomic mass is 32.2. The van der Waals surface area contributed by atoms with Crippen molar-refractivity contribution in [1.82, 2.24) is 9.80 Å². The summed E-state index contributed by atoms with van der Waals surface area (Å²) in [5.41, 5.74) is 5.43. The third-order valence-electron chi connectivity index (χ3n) is 5.61. The molecule has 132 valence electrons. The first-order valence-electron chi connectivity index (χ1n) is 8.88. The lowest BCUT2D eigenvalue weighted by Gasteiger charge is -2.44. The number of nitrogens with zero attached hydrogens (tertiary/aromatic N) is 2. The highest BCUT2D eigenvalue weighted by molar-refractivity contribution is 8.00. The van der Waals surface area contributed by atoms with Gasteiger partial charge < -0.3 is 10.6 Å². The molecule has 2 N–H and O–H groups in total. The Morgan fingerprint density at radius 2 is 2.00 bits per heavy atom. The molecule has 2 aliphatic heterocycles. The minimum Gasteiger partial charge on any atom is -0.369 e. The molecular weight excluding hydrogens is 310 g/mol. The van der Waals surface area contributed by atoms with E-state index in [-0.39, 0.29) is 28.5 Å². The molecule has 0 spiro atoms. The number of piperidine rings is 1. The second kappa shape index (κ2) is 7.88. The molecule has 0 bridgehead atoms. The van der Waals surface area contributed by atoms with Crippen LogP contribution in [0.25, 0.3) is 0 Å². The van der Waals surface area contributed by atoms with Crippen LogP contribution in [0.5, 0.6) is 0 Å². The number of nitrogens with two attached hydrogens (primary N) is 1. The number of hydrogen-bond donors (Lipinski definition) is 1. The predicted molar refractivity (Wildman–Crippen MR) is 95.3 cm³/mol. The van der Waals surface area contributed by atoms with Gasteiger partial charge in [0.15, 0.2) is 0 Å². The van der Waals surface area contributed by atoms with Crippen molar-refractivity contribution in [3.63, 3.8) is 0 Å². The lowest BCUT2D eigenvalue weighted by Crippen LogP contribution is -2.56. The number of likely N-dealkylation sites (tertiary alicyclic amines) is 1. The molecule has 2 heterocycles. The van der Waals surface area contributed by atoms with Crippen LogP contribution in [0.1, 0.15) is 46.5 Å². The molecule has 0 aromatic rings. The van der Waals surface area contributed by atoms with Gasteiger partial charge in [0, 0.05) is 36.7 Å². The standard InChI is InChI=1S/C17H31N3O2S/c1-4-17(5-2)12-20(9-10-23-17)13(3)16(22)19-8-6-7-14(11-19)15(18)21/h13-14H,4-12H2,1-3H3,(H2,18,21)/t13-,14-/m0/s1. The number of carbonyl (C=O) groups excluding carboxylic acids is 2. The maximum atomic E-state index is 12.9. The molecule has 5 nitrogen and oxygen atoms in total. The molecule has 0 radical (unpaired) electrons. The first-order valence-corrected chi connectivity index (χ1v) is 9.87. The van der Waals surface area contributed by atoms with Crippen molar-refractivity contribution in [2.24, 2.45) is 11.7 Å². The van der Waals surface area contributed by atoms with Gasteiger partial charge >= 0.3 is 0 Å². The van der Waals surface area contributed by atoms with Crippen LogP contribution in [0, 0.1) is 5.92 Å². The van der Waals surface area contributed by atoms with E-state index in [0.29, 0.717) is 6.54 Å². The molecule has 2 saturated heterocycles. The van der Waals surface area contributed by atoms with Crippen molar-refractivity contribution >= 4 is 23.6 Å². The van der Waals surface area contributed by atoms with E-state index in [0.717, 1.165) is 51.1 Å². The van der Waals surface area contributed by atoms with E-state index in [1.165, 1.54) is 0 Å². The fourth-order valence-corrected chi connectivity index (χ4v) is 5.14. The SMILES string of the molecule is CCC1(CC)CN([C@@H](C)C(=O)N2CCC[C@H](C(N)=O)C2)CCS1. The van der Waals surface area contributed by atoms with Crippen LogP contribution >= 0.6 is 11.8 Å². The van der Waals surface area contributed by atoms with E-state index in [9.17, 15) is 9.59 Å².